The molecule has 0 saturated heterocycles. The van der Waals surface area contributed by atoms with Gasteiger partial charge in [0.2, 0.25) is 0 Å². The standard InChI is InChI=1S/C10H7ClF2O3.Na/c11-6-1-2-9(16-10(12)13)7(5-6)8(15)3-4-14;/h1-5,10,14H;/q;+1/p-1/b4-3-;. The summed E-state index contributed by atoms with van der Waals surface area (Å²) < 4.78 is 28.1. The molecule has 0 saturated carbocycles. The first-order chi connectivity index (χ1) is 7.54. The van der Waals surface area contributed by atoms with Gasteiger partial charge >= 0.3 is 36.2 Å². The van der Waals surface area contributed by atoms with Crippen LogP contribution in [0.25, 0.3) is 0 Å². The first-order valence-corrected chi connectivity index (χ1v) is 4.49. The van der Waals surface area contributed by atoms with Gasteiger partial charge in [0, 0.05) is 5.02 Å². The van der Waals surface area contributed by atoms with Crippen LogP contribution in [0.1, 0.15) is 10.4 Å². The topological polar surface area (TPSA) is 49.4 Å². The van der Waals surface area contributed by atoms with E-state index in [1.54, 1.807) is 0 Å². The number of carbonyl (C=O) groups is 1. The van der Waals surface area contributed by atoms with Crippen LogP contribution in [-0.2, 0) is 0 Å². The summed E-state index contributed by atoms with van der Waals surface area (Å²) >= 11 is 5.60. The minimum absolute atomic E-state index is 0. The minimum atomic E-state index is -3.05. The van der Waals surface area contributed by atoms with Crippen LogP contribution in [-0.4, -0.2) is 12.4 Å². The van der Waals surface area contributed by atoms with Crippen LogP contribution in [0.2, 0.25) is 5.02 Å². The summed E-state index contributed by atoms with van der Waals surface area (Å²) in [4.78, 5) is 11.3. The van der Waals surface area contributed by atoms with Crippen molar-refractivity contribution in [2.45, 2.75) is 6.61 Å². The SMILES string of the molecule is O=C(/C=C\[O-])c1cc(Cl)ccc1OC(F)F.[Na+]. The Labute approximate surface area is 123 Å². The Bertz CT molecular complexity index is 424. The third-order valence-electron chi connectivity index (χ3n) is 1.64. The molecule has 0 aliphatic heterocycles. The molecule has 3 nitrogen and oxygen atoms in total. The summed E-state index contributed by atoms with van der Waals surface area (Å²) in [5.74, 6) is -1.06. The van der Waals surface area contributed by atoms with Crippen LogP contribution >= 0.6 is 11.6 Å². The molecule has 0 bridgehead atoms. The van der Waals surface area contributed by atoms with E-state index in [1.807, 2.05) is 0 Å². The molecule has 0 aromatic heterocycles. The molecule has 1 aromatic carbocycles. The van der Waals surface area contributed by atoms with E-state index in [0.717, 1.165) is 12.1 Å². The van der Waals surface area contributed by atoms with Crippen LogP contribution in [0.15, 0.2) is 30.5 Å². The molecule has 0 atom stereocenters. The van der Waals surface area contributed by atoms with Crippen LogP contribution in [0.3, 0.4) is 0 Å². The van der Waals surface area contributed by atoms with Crippen LogP contribution in [0, 0.1) is 0 Å². The summed E-state index contributed by atoms with van der Waals surface area (Å²) in [5, 5.41) is 10.3. The van der Waals surface area contributed by atoms with Crippen molar-refractivity contribution >= 4 is 17.4 Å². The van der Waals surface area contributed by atoms with Crippen molar-refractivity contribution in [2.75, 3.05) is 0 Å². The Hall–Kier alpha value is -0.620. The van der Waals surface area contributed by atoms with Crippen molar-refractivity contribution in [1.82, 2.24) is 0 Å². The van der Waals surface area contributed by atoms with Gasteiger partial charge in [-0.05, 0) is 24.3 Å². The van der Waals surface area contributed by atoms with Gasteiger partial charge in [-0.2, -0.15) is 8.78 Å². The van der Waals surface area contributed by atoms with Gasteiger partial charge < -0.3 is 9.84 Å². The summed E-state index contributed by atoms with van der Waals surface area (Å²) in [6, 6.07) is 3.60. The number of rotatable bonds is 4. The summed E-state index contributed by atoms with van der Waals surface area (Å²) in [7, 11) is 0. The van der Waals surface area contributed by atoms with E-state index in [2.05, 4.69) is 4.74 Å². The molecule has 17 heavy (non-hydrogen) atoms. The third kappa shape index (κ3) is 5.04. The maximum absolute atomic E-state index is 12.0. The number of allylic oxidation sites excluding steroid dienone is 1. The van der Waals surface area contributed by atoms with Gasteiger partial charge in [0.15, 0.2) is 5.78 Å². The first-order valence-electron chi connectivity index (χ1n) is 4.12. The maximum Gasteiger partial charge on any atom is 1.00 e. The molecule has 0 heterocycles. The van der Waals surface area contributed by atoms with E-state index in [1.165, 1.54) is 6.07 Å². The molecular weight excluding hydrogens is 265 g/mol. The molecule has 86 valence electrons. The van der Waals surface area contributed by atoms with Crippen molar-refractivity contribution in [3.8, 4) is 5.75 Å². The number of ether oxygens (including phenoxy) is 1. The second-order valence-corrected chi connectivity index (χ2v) is 3.12. The predicted molar refractivity (Wildman–Crippen MR) is 51.6 cm³/mol. The average molecular weight is 271 g/mol. The van der Waals surface area contributed by atoms with Crippen molar-refractivity contribution < 1.29 is 53.0 Å². The number of carbonyl (C=O) groups excluding carboxylic acids is 1. The smallest absolute Gasteiger partial charge is 0.878 e. The van der Waals surface area contributed by atoms with Gasteiger partial charge in [-0.25, -0.2) is 0 Å². The largest absolute Gasteiger partial charge is 1.00 e. The third-order valence-corrected chi connectivity index (χ3v) is 1.88. The van der Waals surface area contributed by atoms with Gasteiger partial charge in [0.25, 0.3) is 0 Å². The van der Waals surface area contributed by atoms with Gasteiger partial charge in [0.1, 0.15) is 5.75 Å². The fraction of sp³-hybridized carbons (Fsp3) is 0.100. The molecule has 0 unspecified atom stereocenters. The second-order valence-electron chi connectivity index (χ2n) is 2.69. The fourth-order valence-corrected chi connectivity index (χ4v) is 1.22. The number of halogens is 3. The van der Waals surface area contributed by atoms with Gasteiger partial charge in [0.05, 0.1) is 5.56 Å². The van der Waals surface area contributed by atoms with Crippen molar-refractivity contribution in [1.29, 1.82) is 0 Å². The van der Waals surface area contributed by atoms with Crippen LogP contribution in [0.4, 0.5) is 8.78 Å². The zero-order chi connectivity index (χ0) is 12.1. The molecular formula is C10H6ClF2NaO3. The van der Waals surface area contributed by atoms with Gasteiger partial charge in [-0.1, -0.05) is 11.6 Å². The van der Waals surface area contributed by atoms with E-state index >= 15 is 0 Å². The van der Waals surface area contributed by atoms with E-state index in [4.69, 9.17) is 11.6 Å². The second kappa shape index (κ2) is 7.66. The maximum atomic E-state index is 12.0. The molecule has 0 fully saturated rings. The van der Waals surface area contributed by atoms with E-state index in [-0.39, 0.29) is 52.2 Å². The first kappa shape index (κ1) is 16.4. The molecule has 1 rings (SSSR count). The average Bonchev–Trinajstić information content (AvgIpc) is 2.20. The van der Waals surface area contributed by atoms with Crippen molar-refractivity contribution in [3.05, 3.63) is 41.1 Å². The monoisotopic (exact) mass is 270 g/mol. The molecule has 0 aliphatic carbocycles. The van der Waals surface area contributed by atoms with Gasteiger partial charge in [-0.3, -0.25) is 4.79 Å². The molecule has 0 amide bonds. The number of ketones is 1. The number of alkyl halides is 2. The van der Waals surface area contributed by atoms with E-state index < -0.39 is 12.4 Å². The molecule has 0 radical (unpaired) electrons. The van der Waals surface area contributed by atoms with E-state index in [0.29, 0.717) is 6.08 Å². The molecule has 0 N–H and O–H groups in total. The number of hydrogen-bond donors (Lipinski definition) is 0. The normalized spacial score (nSPS) is 10.4. The Morgan fingerprint density at radius 2 is 2.12 bits per heavy atom. The van der Waals surface area contributed by atoms with Gasteiger partial charge in [-0.15, -0.1) is 6.26 Å². The molecule has 0 spiro atoms. The number of benzene rings is 1. The minimum Gasteiger partial charge on any atom is -0.878 e. The number of hydrogen-bond acceptors (Lipinski definition) is 3. The summed E-state index contributed by atoms with van der Waals surface area (Å²) in [5.41, 5.74) is -0.181. The zero-order valence-corrected chi connectivity index (χ0v) is 11.6. The Morgan fingerprint density at radius 3 is 2.65 bits per heavy atom. The summed E-state index contributed by atoms with van der Waals surface area (Å²) in [6.45, 7) is -3.05. The zero-order valence-electron chi connectivity index (χ0n) is 8.82. The molecule has 1 aromatic rings. The molecule has 7 heteroatoms. The Kier molecular flexibility index (Phi) is 7.38. The summed E-state index contributed by atoms with van der Waals surface area (Å²) in [6.07, 6.45) is 0.958. The van der Waals surface area contributed by atoms with Crippen LogP contribution < -0.4 is 39.4 Å². The fourth-order valence-electron chi connectivity index (χ4n) is 1.05. The quantitative estimate of drug-likeness (QED) is 0.305. The van der Waals surface area contributed by atoms with Crippen LogP contribution in [0.5, 0.6) is 5.75 Å². The van der Waals surface area contributed by atoms with Crippen molar-refractivity contribution in [2.24, 2.45) is 0 Å². The molecule has 0 aliphatic rings. The van der Waals surface area contributed by atoms with Crippen molar-refractivity contribution in [3.63, 3.8) is 0 Å². The Balaban J connectivity index is 0.00000256. The Morgan fingerprint density at radius 1 is 1.47 bits per heavy atom. The predicted octanol–water partition coefficient (Wildman–Crippen LogP) is -0.998. The van der Waals surface area contributed by atoms with E-state index in [9.17, 15) is 18.7 Å².